The third-order valence-electron chi connectivity index (χ3n) is 4.74. The first-order chi connectivity index (χ1) is 14.4. The fourth-order valence-corrected chi connectivity index (χ4v) is 3.88. The molecule has 0 bridgehead atoms. The van der Waals surface area contributed by atoms with Crippen LogP contribution in [0.2, 0.25) is 0 Å². The molecule has 1 amide bonds. The van der Waals surface area contributed by atoms with Gasteiger partial charge in [-0.1, -0.05) is 26.0 Å². The van der Waals surface area contributed by atoms with Crippen molar-refractivity contribution in [2.75, 3.05) is 5.32 Å². The van der Waals surface area contributed by atoms with Crippen molar-refractivity contribution in [1.82, 2.24) is 13.9 Å². The van der Waals surface area contributed by atoms with Gasteiger partial charge in [0.2, 0.25) is 5.91 Å². The van der Waals surface area contributed by atoms with E-state index in [4.69, 9.17) is 0 Å². The minimum Gasteiger partial charge on any atom is -0.325 e. The molecular formula is C22H19FN4O2S. The van der Waals surface area contributed by atoms with Crippen LogP contribution in [0.3, 0.4) is 0 Å². The Morgan fingerprint density at radius 2 is 1.83 bits per heavy atom. The standard InChI is InChI=1S/C22H19FN4O2S/c1-13(2)14-5-9-17(10-6-14)25-18(28)11-27-12-24-20-19(26-30-21(20)22(27)29)15-3-7-16(23)8-4-15/h3-10,12-13H,11H2,1-2H3,(H,25,28). The zero-order chi connectivity index (χ0) is 21.3. The van der Waals surface area contributed by atoms with Crippen molar-refractivity contribution in [3.05, 3.63) is 76.6 Å². The van der Waals surface area contributed by atoms with Crippen molar-refractivity contribution in [3.63, 3.8) is 0 Å². The zero-order valence-corrected chi connectivity index (χ0v) is 17.2. The molecule has 0 radical (unpaired) electrons. The summed E-state index contributed by atoms with van der Waals surface area (Å²) in [5.41, 5.74) is 3.15. The summed E-state index contributed by atoms with van der Waals surface area (Å²) < 4.78 is 19.1. The van der Waals surface area contributed by atoms with Crippen molar-refractivity contribution in [2.24, 2.45) is 0 Å². The number of fused-ring (bicyclic) bond motifs is 1. The number of hydrogen-bond donors (Lipinski definition) is 1. The predicted octanol–water partition coefficient (Wildman–Crippen LogP) is 4.42. The first-order valence-electron chi connectivity index (χ1n) is 9.43. The van der Waals surface area contributed by atoms with Gasteiger partial charge in [0.15, 0.2) is 0 Å². The van der Waals surface area contributed by atoms with E-state index in [2.05, 4.69) is 28.5 Å². The monoisotopic (exact) mass is 422 g/mol. The lowest BCUT2D eigenvalue weighted by atomic mass is 10.0. The lowest BCUT2D eigenvalue weighted by Gasteiger charge is -2.09. The molecule has 30 heavy (non-hydrogen) atoms. The van der Waals surface area contributed by atoms with Crippen LogP contribution in [0.15, 0.2) is 59.7 Å². The molecule has 0 atom stereocenters. The molecule has 4 rings (SSSR count). The van der Waals surface area contributed by atoms with Crippen LogP contribution < -0.4 is 10.9 Å². The van der Waals surface area contributed by atoms with Gasteiger partial charge in [0.1, 0.15) is 28.3 Å². The average molecular weight is 422 g/mol. The Hall–Kier alpha value is -3.39. The van der Waals surface area contributed by atoms with Gasteiger partial charge in [-0.25, -0.2) is 9.37 Å². The SMILES string of the molecule is CC(C)c1ccc(NC(=O)Cn2cnc3c(-c4ccc(F)cc4)nsc3c2=O)cc1. The Morgan fingerprint density at radius 3 is 2.50 bits per heavy atom. The summed E-state index contributed by atoms with van der Waals surface area (Å²) in [7, 11) is 0. The topological polar surface area (TPSA) is 76.9 Å². The van der Waals surface area contributed by atoms with Gasteiger partial charge in [-0.05, 0) is 59.4 Å². The number of nitrogens with one attached hydrogen (secondary N) is 1. The Morgan fingerprint density at radius 1 is 1.13 bits per heavy atom. The van der Waals surface area contributed by atoms with Crippen molar-refractivity contribution < 1.29 is 9.18 Å². The highest BCUT2D eigenvalue weighted by atomic mass is 32.1. The average Bonchev–Trinajstić information content (AvgIpc) is 3.16. The van der Waals surface area contributed by atoms with Gasteiger partial charge in [0, 0.05) is 11.3 Å². The van der Waals surface area contributed by atoms with Crippen molar-refractivity contribution in [3.8, 4) is 11.3 Å². The summed E-state index contributed by atoms with van der Waals surface area (Å²) in [4.78, 5) is 29.5. The van der Waals surface area contributed by atoms with E-state index in [1.807, 2.05) is 24.3 Å². The third-order valence-corrected chi connectivity index (χ3v) is 5.57. The van der Waals surface area contributed by atoms with Crippen molar-refractivity contribution in [1.29, 1.82) is 0 Å². The predicted molar refractivity (Wildman–Crippen MR) is 116 cm³/mol. The molecule has 0 spiro atoms. The number of aromatic nitrogens is 3. The molecule has 0 aliphatic rings. The van der Waals surface area contributed by atoms with Crippen LogP contribution in [0.4, 0.5) is 10.1 Å². The molecule has 0 fully saturated rings. The molecule has 0 unspecified atom stereocenters. The Labute approximate surface area is 176 Å². The molecule has 152 valence electrons. The molecule has 2 heterocycles. The molecule has 1 N–H and O–H groups in total. The highest BCUT2D eigenvalue weighted by Crippen LogP contribution is 2.27. The molecule has 0 aliphatic heterocycles. The van der Waals surface area contributed by atoms with Gasteiger partial charge in [0.05, 0.1) is 6.33 Å². The number of amides is 1. The molecular weight excluding hydrogens is 403 g/mol. The summed E-state index contributed by atoms with van der Waals surface area (Å²) in [5, 5.41) is 2.79. The smallest absolute Gasteiger partial charge is 0.273 e. The number of carbonyl (C=O) groups excluding carboxylic acids is 1. The molecule has 6 nitrogen and oxygen atoms in total. The molecule has 0 saturated heterocycles. The van der Waals surface area contributed by atoms with Crippen LogP contribution in [0.5, 0.6) is 0 Å². The minimum atomic E-state index is -0.349. The summed E-state index contributed by atoms with van der Waals surface area (Å²) >= 11 is 1.02. The van der Waals surface area contributed by atoms with E-state index in [1.165, 1.54) is 28.6 Å². The van der Waals surface area contributed by atoms with Crippen LogP contribution in [0, 0.1) is 5.82 Å². The molecule has 2 aromatic carbocycles. The Kier molecular flexibility index (Phi) is 5.41. The van der Waals surface area contributed by atoms with Gasteiger partial charge >= 0.3 is 0 Å². The summed E-state index contributed by atoms with van der Waals surface area (Å²) in [6.45, 7) is 4.05. The van der Waals surface area contributed by atoms with E-state index in [0.717, 1.165) is 11.5 Å². The van der Waals surface area contributed by atoms with Gasteiger partial charge in [-0.15, -0.1) is 0 Å². The maximum absolute atomic E-state index is 13.2. The molecule has 4 aromatic rings. The maximum atomic E-state index is 13.2. The fourth-order valence-electron chi connectivity index (χ4n) is 3.07. The second-order valence-electron chi connectivity index (χ2n) is 7.22. The number of hydrogen-bond acceptors (Lipinski definition) is 5. The van der Waals surface area contributed by atoms with E-state index < -0.39 is 0 Å². The van der Waals surface area contributed by atoms with Gasteiger partial charge in [-0.3, -0.25) is 14.2 Å². The number of anilines is 1. The van der Waals surface area contributed by atoms with E-state index >= 15 is 0 Å². The molecule has 0 saturated carbocycles. The molecule has 8 heteroatoms. The van der Waals surface area contributed by atoms with Crippen LogP contribution in [-0.4, -0.2) is 19.8 Å². The second kappa shape index (κ2) is 8.16. The van der Waals surface area contributed by atoms with Crippen LogP contribution in [-0.2, 0) is 11.3 Å². The lowest BCUT2D eigenvalue weighted by molar-refractivity contribution is -0.116. The highest BCUT2D eigenvalue weighted by Gasteiger charge is 2.15. The van der Waals surface area contributed by atoms with Crippen molar-refractivity contribution in [2.45, 2.75) is 26.3 Å². The molecule has 2 aromatic heterocycles. The van der Waals surface area contributed by atoms with Gasteiger partial charge in [-0.2, -0.15) is 4.37 Å². The van der Waals surface area contributed by atoms with Crippen LogP contribution in [0.25, 0.3) is 21.5 Å². The van der Waals surface area contributed by atoms with E-state index in [-0.39, 0.29) is 23.8 Å². The number of nitrogens with zero attached hydrogens (tertiary/aromatic N) is 3. The van der Waals surface area contributed by atoms with Crippen molar-refractivity contribution >= 4 is 33.3 Å². The molecule has 0 aliphatic carbocycles. The summed E-state index contributed by atoms with van der Waals surface area (Å²) in [6.07, 6.45) is 1.34. The van der Waals surface area contributed by atoms with E-state index in [1.54, 1.807) is 12.1 Å². The minimum absolute atomic E-state index is 0.155. The number of rotatable bonds is 5. The highest BCUT2D eigenvalue weighted by molar-refractivity contribution is 7.13. The van der Waals surface area contributed by atoms with Gasteiger partial charge in [0.25, 0.3) is 5.56 Å². The summed E-state index contributed by atoms with van der Waals surface area (Å²) in [5.74, 6) is -0.261. The fraction of sp³-hybridized carbons (Fsp3) is 0.182. The number of benzene rings is 2. The quantitative estimate of drug-likeness (QED) is 0.516. The Balaban J connectivity index is 1.55. The summed E-state index contributed by atoms with van der Waals surface area (Å²) in [6, 6.07) is 13.5. The second-order valence-corrected chi connectivity index (χ2v) is 7.99. The first-order valence-corrected chi connectivity index (χ1v) is 10.2. The Bertz CT molecular complexity index is 1260. The third kappa shape index (κ3) is 3.99. The lowest BCUT2D eigenvalue weighted by Crippen LogP contribution is -2.27. The zero-order valence-electron chi connectivity index (χ0n) is 16.4. The normalized spacial score (nSPS) is 11.2. The number of carbonyl (C=O) groups is 1. The van der Waals surface area contributed by atoms with Gasteiger partial charge < -0.3 is 5.32 Å². The largest absolute Gasteiger partial charge is 0.325 e. The maximum Gasteiger partial charge on any atom is 0.273 e. The van der Waals surface area contributed by atoms with E-state index in [9.17, 15) is 14.0 Å². The van der Waals surface area contributed by atoms with Crippen LogP contribution >= 0.6 is 11.5 Å². The first kappa shape index (κ1) is 19.9. The van der Waals surface area contributed by atoms with E-state index in [0.29, 0.717) is 33.1 Å². The van der Waals surface area contributed by atoms with Crippen LogP contribution in [0.1, 0.15) is 25.3 Å². The number of halogens is 1.